The second kappa shape index (κ2) is 6.89. The third-order valence-corrected chi connectivity index (χ3v) is 7.03. The summed E-state index contributed by atoms with van der Waals surface area (Å²) >= 11 is 1.14. The molecule has 1 aromatic carbocycles. The summed E-state index contributed by atoms with van der Waals surface area (Å²) in [6.07, 6.45) is 0. The molecule has 0 amide bonds. The second-order valence-corrected chi connectivity index (χ2v) is 8.96. The molecule has 0 atom stereocenters. The number of nitrogens with zero attached hydrogens (tertiary/aromatic N) is 1. The summed E-state index contributed by atoms with van der Waals surface area (Å²) in [7, 11) is -3.88. The molecule has 2 aromatic rings. The largest absolute Gasteiger partial charge is 0.378 e. The number of hydrogen-bond acceptors (Lipinski definition) is 5. The van der Waals surface area contributed by atoms with Crippen LogP contribution in [-0.4, -0.2) is 34.7 Å². The Balaban J connectivity index is 1.99. The molecule has 0 radical (unpaired) electrons. The number of sulfonamides is 1. The van der Waals surface area contributed by atoms with Crippen molar-refractivity contribution >= 4 is 32.7 Å². The van der Waals surface area contributed by atoms with E-state index in [0.717, 1.165) is 33.9 Å². The van der Waals surface area contributed by atoms with Gasteiger partial charge in [-0.25, -0.2) is 17.2 Å². The van der Waals surface area contributed by atoms with Gasteiger partial charge in [0.15, 0.2) is 11.6 Å². The van der Waals surface area contributed by atoms with Crippen molar-refractivity contribution in [2.75, 3.05) is 35.9 Å². The first-order valence-corrected chi connectivity index (χ1v) is 9.99. The molecule has 2 heterocycles. The number of rotatable bonds is 4. The first-order chi connectivity index (χ1) is 11.8. The summed E-state index contributed by atoms with van der Waals surface area (Å²) in [4.78, 5) is 2.66. The fourth-order valence-corrected chi connectivity index (χ4v) is 5.13. The van der Waals surface area contributed by atoms with Crippen LogP contribution < -0.4 is 9.62 Å². The van der Waals surface area contributed by atoms with Crippen LogP contribution in [0.15, 0.2) is 22.4 Å². The number of aryl methyl sites for hydroxylation is 2. The molecule has 1 N–H and O–H groups in total. The number of nitrogens with one attached hydrogen (secondary N) is 1. The highest BCUT2D eigenvalue weighted by Gasteiger charge is 2.23. The van der Waals surface area contributed by atoms with E-state index in [1.54, 1.807) is 11.0 Å². The second-order valence-electron chi connectivity index (χ2n) is 5.79. The fraction of sp³-hybridized carbons (Fsp3) is 0.375. The lowest BCUT2D eigenvalue weighted by Crippen LogP contribution is -2.37. The van der Waals surface area contributed by atoms with Crippen LogP contribution in [0.3, 0.4) is 0 Å². The monoisotopic (exact) mass is 388 g/mol. The number of ether oxygens (including phenoxy) is 1. The van der Waals surface area contributed by atoms with Crippen LogP contribution >= 0.6 is 11.3 Å². The molecule has 3 rings (SSSR count). The molecule has 25 heavy (non-hydrogen) atoms. The molecule has 9 heteroatoms. The zero-order chi connectivity index (χ0) is 18.2. The van der Waals surface area contributed by atoms with Crippen LogP contribution in [0.4, 0.5) is 20.2 Å². The van der Waals surface area contributed by atoms with Crippen molar-refractivity contribution in [3.63, 3.8) is 0 Å². The summed E-state index contributed by atoms with van der Waals surface area (Å²) in [6.45, 7) is 5.47. The lowest BCUT2D eigenvalue weighted by Gasteiger charge is -2.30. The van der Waals surface area contributed by atoms with Gasteiger partial charge in [-0.1, -0.05) is 0 Å². The Labute approximate surface area is 149 Å². The predicted octanol–water partition coefficient (Wildman–Crippen LogP) is 3.28. The number of morpholine rings is 1. The topological polar surface area (TPSA) is 58.6 Å². The number of benzene rings is 1. The predicted molar refractivity (Wildman–Crippen MR) is 94.0 cm³/mol. The quantitative estimate of drug-likeness (QED) is 0.873. The molecule has 0 unspecified atom stereocenters. The van der Waals surface area contributed by atoms with Crippen molar-refractivity contribution in [2.24, 2.45) is 0 Å². The number of anilines is 2. The number of thiophene rings is 1. The maximum atomic E-state index is 13.7. The Morgan fingerprint density at radius 1 is 1.12 bits per heavy atom. The van der Waals surface area contributed by atoms with Gasteiger partial charge in [0.25, 0.3) is 10.0 Å². The third kappa shape index (κ3) is 3.78. The lowest BCUT2D eigenvalue weighted by atomic mass is 10.2. The maximum Gasteiger partial charge on any atom is 0.271 e. The standard InChI is InChI=1S/C16H18F2N2O3S2/c1-10-7-16(24-11(10)2)25(21,22)19-14-8-12(17)13(18)9-15(14)20-3-5-23-6-4-20/h7-9,19H,3-6H2,1-2H3. The smallest absolute Gasteiger partial charge is 0.271 e. The van der Waals surface area contributed by atoms with E-state index in [9.17, 15) is 17.2 Å². The average Bonchev–Trinajstić information content (AvgIpc) is 2.91. The summed E-state index contributed by atoms with van der Waals surface area (Å²) in [5.74, 6) is -2.12. The summed E-state index contributed by atoms with van der Waals surface area (Å²) in [5, 5.41) is 0. The molecular formula is C16H18F2N2O3S2. The van der Waals surface area contributed by atoms with E-state index >= 15 is 0 Å². The van der Waals surface area contributed by atoms with E-state index in [-0.39, 0.29) is 9.90 Å². The number of halogens is 2. The normalized spacial score (nSPS) is 15.4. The van der Waals surface area contributed by atoms with Crippen molar-refractivity contribution in [3.05, 3.63) is 40.3 Å². The van der Waals surface area contributed by atoms with Gasteiger partial charge in [-0.05, 0) is 25.5 Å². The highest BCUT2D eigenvalue weighted by atomic mass is 32.2. The first-order valence-electron chi connectivity index (χ1n) is 7.69. The van der Waals surface area contributed by atoms with Crippen LogP contribution in [0.5, 0.6) is 0 Å². The lowest BCUT2D eigenvalue weighted by molar-refractivity contribution is 0.122. The molecule has 0 aliphatic carbocycles. The highest BCUT2D eigenvalue weighted by Crippen LogP contribution is 2.33. The summed E-state index contributed by atoms with van der Waals surface area (Å²) < 4.78 is 60.5. The van der Waals surface area contributed by atoms with E-state index in [1.165, 1.54) is 0 Å². The molecule has 1 aliphatic heterocycles. The van der Waals surface area contributed by atoms with E-state index in [2.05, 4.69) is 4.72 Å². The minimum atomic E-state index is -3.88. The van der Waals surface area contributed by atoms with Crippen LogP contribution in [0.25, 0.3) is 0 Å². The van der Waals surface area contributed by atoms with Gasteiger partial charge < -0.3 is 9.64 Å². The minimum Gasteiger partial charge on any atom is -0.378 e. The molecule has 136 valence electrons. The van der Waals surface area contributed by atoms with Gasteiger partial charge in [-0.2, -0.15) is 0 Å². The van der Waals surface area contributed by atoms with Gasteiger partial charge >= 0.3 is 0 Å². The molecular weight excluding hydrogens is 370 g/mol. The average molecular weight is 388 g/mol. The zero-order valence-electron chi connectivity index (χ0n) is 13.8. The van der Waals surface area contributed by atoms with Crippen LogP contribution in [0.2, 0.25) is 0 Å². The zero-order valence-corrected chi connectivity index (χ0v) is 15.4. The molecule has 1 fully saturated rings. The van der Waals surface area contributed by atoms with Crippen LogP contribution in [-0.2, 0) is 14.8 Å². The fourth-order valence-electron chi connectivity index (χ4n) is 2.55. The van der Waals surface area contributed by atoms with Gasteiger partial charge in [-0.15, -0.1) is 11.3 Å². The van der Waals surface area contributed by atoms with E-state index in [0.29, 0.717) is 32.0 Å². The van der Waals surface area contributed by atoms with Crippen LogP contribution in [0.1, 0.15) is 10.4 Å². The Morgan fingerprint density at radius 2 is 1.76 bits per heavy atom. The minimum absolute atomic E-state index is 0.0181. The van der Waals surface area contributed by atoms with E-state index < -0.39 is 21.7 Å². The third-order valence-electron chi connectivity index (χ3n) is 4.04. The Bertz CT molecular complexity index is 872. The molecule has 1 aliphatic rings. The van der Waals surface area contributed by atoms with Gasteiger partial charge in [0.2, 0.25) is 0 Å². The van der Waals surface area contributed by atoms with Crippen molar-refractivity contribution in [2.45, 2.75) is 18.1 Å². The van der Waals surface area contributed by atoms with Gasteiger partial charge in [0.05, 0.1) is 24.6 Å². The molecule has 5 nitrogen and oxygen atoms in total. The molecule has 1 saturated heterocycles. The summed E-state index contributed by atoms with van der Waals surface area (Å²) in [5.41, 5.74) is 1.18. The van der Waals surface area contributed by atoms with E-state index in [4.69, 9.17) is 4.74 Å². The molecule has 0 saturated carbocycles. The maximum absolute atomic E-state index is 13.7. The van der Waals surface area contributed by atoms with Crippen LogP contribution in [0, 0.1) is 25.5 Å². The molecule has 1 aromatic heterocycles. The van der Waals surface area contributed by atoms with Crippen molar-refractivity contribution in [1.29, 1.82) is 0 Å². The van der Waals surface area contributed by atoms with Gasteiger partial charge in [-0.3, -0.25) is 4.72 Å². The van der Waals surface area contributed by atoms with Gasteiger partial charge in [0.1, 0.15) is 4.21 Å². The highest BCUT2D eigenvalue weighted by molar-refractivity contribution is 7.94. The Hall–Kier alpha value is -1.71. The Morgan fingerprint density at radius 3 is 2.36 bits per heavy atom. The first kappa shape index (κ1) is 18.1. The summed E-state index contributed by atoms with van der Waals surface area (Å²) in [6, 6.07) is 3.46. The van der Waals surface area contributed by atoms with Crippen molar-refractivity contribution in [1.82, 2.24) is 0 Å². The molecule has 0 bridgehead atoms. The van der Waals surface area contributed by atoms with Crippen molar-refractivity contribution < 1.29 is 21.9 Å². The van der Waals surface area contributed by atoms with Gasteiger partial charge in [0, 0.05) is 30.1 Å². The Kier molecular flexibility index (Phi) is 4.99. The van der Waals surface area contributed by atoms with E-state index in [1.807, 2.05) is 13.8 Å². The SMILES string of the molecule is Cc1cc(S(=O)(=O)Nc2cc(F)c(F)cc2N2CCOCC2)sc1C. The molecule has 0 spiro atoms. The van der Waals surface area contributed by atoms with Crippen molar-refractivity contribution in [3.8, 4) is 0 Å². The number of hydrogen-bond donors (Lipinski definition) is 1.